The molecule has 0 aliphatic heterocycles. The van der Waals surface area contributed by atoms with E-state index < -0.39 is 11.8 Å². The number of esters is 1. The zero-order chi connectivity index (χ0) is 18.2. The molecular weight excluding hydrogens is 325 g/mol. The average Bonchev–Trinajstić information content (AvgIpc) is 2.64. The van der Waals surface area contributed by atoms with Crippen molar-refractivity contribution in [2.45, 2.75) is 0 Å². The Morgan fingerprint density at radius 1 is 1.16 bits per heavy atom. The number of carbonyl (C=O) groups is 2. The minimum Gasteiger partial charge on any atom is -0.465 e. The minimum atomic E-state index is -0.764. The van der Waals surface area contributed by atoms with E-state index in [-0.39, 0.29) is 11.5 Å². The van der Waals surface area contributed by atoms with Crippen LogP contribution in [0.3, 0.4) is 0 Å². The van der Waals surface area contributed by atoms with Crippen LogP contribution < -0.4 is 10.6 Å². The van der Waals surface area contributed by atoms with Crippen molar-refractivity contribution < 1.29 is 18.7 Å². The van der Waals surface area contributed by atoms with Crippen molar-refractivity contribution in [2.75, 3.05) is 17.7 Å². The minimum absolute atomic E-state index is 0.205. The van der Waals surface area contributed by atoms with Crippen LogP contribution in [0, 0.1) is 17.1 Å². The SMILES string of the molecule is COC(=O)/C(C#N)=C\Nc1cccc(C(=O)Nc2ccc(F)cc2)c1. The Morgan fingerprint density at radius 3 is 2.52 bits per heavy atom. The Bertz CT molecular complexity index is 855. The lowest BCUT2D eigenvalue weighted by Gasteiger charge is -2.07. The number of anilines is 2. The molecule has 0 aliphatic carbocycles. The van der Waals surface area contributed by atoms with E-state index in [0.29, 0.717) is 16.9 Å². The van der Waals surface area contributed by atoms with Crippen molar-refractivity contribution in [1.29, 1.82) is 5.26 Å². The van der Waals surface area contributed by atoms with Gasteiger partial charge in [0.15, 0.2) is 5.57 Å². The molecule has 7 heteroatoms. The van der Waals surface area contributed by atoms with Gasteiger partial charge in [0, 0.05) is 23.1 Å². The van der Waals surface area contributed by atoms with Gasteiger partial charge >= 0.3 is 5.97 Å². The molecule has 0 atom stereocenters. The van der Waals surface area contributed by atoms with E-state index in [1.54, 1.807) is 30.3 Å². The van der Waals surface area contributed by atoms with Gasteiger partial charge in [-0.25, -0.2) is 9.18 Å². The molecule has 6 nitrogen and oxygen atoms in total. The highest BCUT2D eigenvalue weighted by molar-refractivity contribution is 6.04. The lowest BCUT2D eigenvalue weighted by molar-refractivity contribution is -0.135. The number of methoxy groups -OCH3 is 1. The second-order valence-corrected chi connectivity index (χ2v) is 4.85. The first-order valence-corrected chi connectivity index (χ1v) is 7.15. The third-order valence-corrected chi connectivity index (χ3v) is 3.14. The van der Waals surface area contributed by atoms with Gasteiger partial charge in [-0.3, -0.25) is 4.79 Å². The van der Waals surface area contributed by atoms with Crippen LogP contribution in [0.25, 0.3) is 0 Å². The summed E-state index contributed by atoms with van der Waals surface area (Å²) in [6, 6.07) is 13.5. The third kappa shape index (κ3) is 4.91. The maximum absolute atomic E-state index is 12.9. The molecule has 2 N–H and O–H groups in total. The second kappa shape index (κ2) is 8.26. The topological polar surface area (TPSA) is 91.2 Å². The van der Waals surface area contributed by atoms with Crippen LogP contribution in [0.2, 0.25) is 0 Å². The highest BCUT2D eigenvalue weighted by Crippen LogP contribution is 2.14. The van der Waals surface area contributed by atoms with Crippen LogP contribution >= 0.6 is 0 Å². The number of rotatable bonds is 5. The van der Waals surface area contributed by atoms with E-state index in [1.807, 2.05) is 0 Å². The Kier molecular flexibility index (Phi) is 5.85. The first-order valence-electron chi connectivity index (χ1n) is 7.15. The highest BCUT2D eigenvalue weighted by atomic mass is 19.1. The fourth-order valence-corrected chi connectivity index (χ4v) is 1.89. The largest absolute Gasteiger partial charge is 0.465 e. The molecular formula is C18H14FN3O3. The molecule has 126 valence electrons. The molecule has 1 amide bonds. The monoisotopic (exact) mass is 339 g/mol. The quantitative estimate of drug-likeness (QED) is 0.496. The molecule has 25 heavy (non-hydrogen) atoms. The molecule has 0 radical (unpaired) electrons. The van der Waals surface area contributed by atoms with Gasteiger partial charge in [-0.05, 0) is 42.5 Å². The number of hydrogen-bond donors (Lipinski definition) is 2. The van der Waals surface area contributed by atoms with Crippen molar-refractivity contribution in [3.8, 4) is 6.07 Å². The van der Waals surface area contributed by atoms with E-state index >= 15 is 0 Å². The highest BCUT2D eigenvalue weighted by Gasteiger charge is 2.09. The lowest BCUT2D eigenvalue weighted by Crippen LogP contribution is -2.12. The number of amides is 1. The number of benzene rings is 2. The van der Waals surface area contributed by atoms with Crippen molar-refractivity contribution >= 4 is 23.3 Å². The van der Waals surface area contributed by atoms with Gasteiger partial charge in [-0.2, -0.15) is 5.26 Å². The Labute approximate surface area is 143 Å². The molecule has 0 heterocycles. The summed E-state index contributed by atoms with van der Waals surface area (Å²) in [4.78, 5) is 23.5. The van der Waals surface area contributed by atoms with Crippen molar-refractivity contribution in [3.05, 3.63) is 71.7 Å². The van der Waals surface area contributed by atoms with E-state index in [9.17, 15) is 14.0 Å². The number of ether oxygens (including phenoxy) is 1. The molecule has 2 rings (SSSR count). The van der Waals surface area contributed by atoms with Crippen molar-refractivity contribution in [2.24, 2.45) is 0 Å². The lowest BCUT2D eigenvalue weighted by atomic mass is 10.2. The van der Waals surface area contributed by atoms with Gasteiger partial charge in [0.2, 0.25) is 0 Å². The normalized spacial score (nSPS) is 10.5. The molecule has 0 fully saturated rings. The summed E-state index contributed by atoms with van der Waals surface area (Å²) in [5.74, 6) is -1.54. The zero-order valence-electron chi connectivity index (χ0n) is 13.2. The van der Waals surface area contributed by atoms with Crippen LogP contribution in [0.4, 0.5) is 15.8 Å². The summed E-state index contributed by atoms with van der Waals surface area (Å²) in [7, 11) is 1.17. The number of halogens is 1. The standard InChI is InChI=1S/C18H14FN3O3/c1-25-18(24)13(10-20)11-21-16-4-2-3-12(9-16)17(23)22-15-7-5-14(19)6-8-15/h2-9,11,21H,1H3,(H,22,23)/b13-11-. The molecule has 2 aromatic carbocycles. The number of carbonyl (C=O) groups excluding carboxylic acids is 2. The summed E-state index contributed by atoms with van der Waals surface area (Å²) in [6.07, 6.45) is 1.20. The van der Waals surface area contributed by atoms with Crippen molar-refractivity contribution in [3.63, 3.8) is 0 Å². The summed E-state index contributed by atoms with van der Waals surface area (Å²) in [5, 5.41) is 14.3. The fourth-order valence-electron chi connectivity index (χ4n) is 1.89. The number of nitrogens with one attached hydrogen (secondary N) is 2. The van der Waals surface area contributed by atoms with Gasteiger partial charge in [0.25, 0.3) is 5.91 Å². The van der Waals surface area contributed by atoms with E-state index in [1.165, 1.54) is 37.6 Å². The van der Waals surface area contributed by atoms with Gasteiger partial charge in [-0.1, -0.05) is 6.07 Å². The van der Waals surface area contributed by atoms with Crippen LogP contribution in [0.15, 0.2) is 60.3 Å². The maximum atomic E-state index is 12.9. The molecule has 0 unspecified atom stereocenters. The average molecular weight is 339 g/mol. The van der Waals surface area contributed by atoms with Crippen LogP contribution in [0.5, 0.6) is 0 Å². The number of hydrogen-bond acceptors (Lipinski definition) is 5. The molecule has 0 aliphatic rings. The molecule has 0 saturated heterocycles. The van der Waals surface area contributed by atoms with E-state index in [4.69, 9.17) is 5.26 Å². The third-order valence-electron chi connectivity index (χ3n) is 3.14. The number of nitrogens with zero attached hydrogens (tertiary/aromatic N) is 1. The first-order chi connectivity index (χ1) is 12.0. The Hall–Kier alpha value is -3.66. The Morgan fingerprint density at radius 2 is 1.88 bits per heavy atom. The summed E-state index contributed by atoms with van der Waals surface area (Å²) < 4.78 is 17.3. The first kappa shape index (κ1) is 17.7. The predicted molar refractivity (Wildman–Crippen MR) is 90.1 cm³/mol. The summed E-state index contributed by atoms with van der Waals surface area (Å²) in [6.45, 7) is 0. The van der Waals surface area contributed by atoms with Crippen LogP contribution in [0.1, 0.15) is 10.4 Å². The predicted octanol–water partition coefficient (Wildman–Crippen LogP) is 3.07. The Balaban J connectivity index is 2.11. The van der Waals surface area contributed by atoms with E-state index in [0.717, 1.165) is 0 Å². The van der Waals surface area contributed by atoms with Crippen molar-refractivity contribution in [1.82, 2.24) is 0 Å². The van der Waals surface area contributed by atoms with Gasteiger partial charge in [0.05, 0.1) is 7.11 Å². The van der Waals surface area contributed by atoms with Gasteiger partial charge in [0.1, 0.15) is 11.9 Å². The second-order valence-electron chi connectivity index (χ2n) is 4.85. The molecule has 0 bridgehead atoms. The van der Waals surface area contributed by atoms with Crippen LogP contribution in [-0.2, 0) is 9.53 Å². The molecule has 2 aromatic rings. The van der Waals surface area contributed by atoms with E-state index in [2.05, 4.69) is 15.4 Å². The van der Waals surface area contributed by atoms with Gasteiger partial charge in [-0.15, -0.1) is 0 Å². The van der Waals surface area contributed by atoms with Gasteiger partial charge < -0.3 is 15.4 Å². The van der Waals surface area contributed by atoms with Crippen LogP contribution in [-0.4, -0.2) is 19.0 Å². The molecule has 0 saturated carbocycles. The summed E-state index contributed by atoms with van der Waals surface area (Å²) in [5.41, 5.74) is 1.11. The smallest absolute Gasteiger partial charge is 0.350 e. The fraction of sp³-hybridized carbons (Fsp3) is 0.0556. The maximum Gasteiger partial charge on any atom is 0.350 e. The molecule has 0 spiro atoms. The summed E-state index contributed by atoms with van der Waals surface area (Å²) >= 11 is 0. The molecule has 0 aromatic heterocycles. The number of nitriles is 1. The zero-order valence-corrected chi connectivity index (χ0v) is 13.2.